The first kappa shape index (κ1) is 29.6. The Labute approximate surface area is 284 Å². The maximum Gasteiger partial charge on any atom is 0.233 e. The van der Waals surface area contributed by atoms with Crippen LogP contribution in [0.3, 0.4) is 0 Å². The summed E-state index contributed by atoms with van der Waals surface area (Å²) in [5.41, 5.74) is -0.536. The molecular weight excluding hydrogens is 648 g/mol. The summed E-state index contributed by atoms with van der Waals surface area (Å²) in [5, 5.41) is 22.0. The molecule has 3 aromatic carbocycles. The second-order valence-electron chi connectivity index (χ2n) is 17.1. The van der Waals surface area contributed by atoms with Crippen molar-refractivity contribution in [2.75, 3.05) is 0 Å². The summed E-state index contributed by atoms with van der Waals surface area (Å²) in [6.45, 7) is 0. The molecule has 0 unspecified atom stereocenters. The number of aromatic nitrogens is 2. The average molecular weight is 685 g/mol. The second-order valence-corrected chi connectivity index (χ2v) is 17.1. The van der Waals surface area contributed by atoms with E-state index in [0.29, 0.717) is 35.5 Å². The predicted molar refractivity (Wildman–Crippen MR) is 175 cm³/mol. The van der Waals surface area contributed by atoms with Crippen molar-refractivity contribution in [3.05, 3.63) is 58.7 Å². The standard InChI is InChI=1S/C40H36F4N2O4/c41-31-29(37-45-35-25(47)7-23(9-27(35)49-37)39-11-17-1-18(12-39)3-19(2-17)13-39)32(42)34(44)30(33(31)43)38-46-36-26(48)8-24(10-28(36)50-38)40-14-20-4-21(15-40)6-22(5-20)16-40/h7-10,17-22,47-48H,1-6,11-16H2. The highest BCUT2D eigenvalue weighted by molar-refractivity contribution is 5.85. The summed E-state index contributed by atoms with van der Waals surface area (Å²) in [6, 6.07) is 6.85. The van der Waals surface area contributed by atoms with E-state index in [9.17, 15) is 10.2 Å². The quantitative estimate of drug-likeness (QED) is 0.145. The molecule has 10 heteroatoms. The predicted octanol–water partition coefficient (Wildman–Crippen LogP) is 10.2. The van der Waals surface area contributed by atoms with Gasteiger partial charge < -0.3 is 19.0 Å². The number of hydrogen-bond donors (Lipinski definition) is 2. The molecule has 8 saturated carbocycles. The lowest BCUT2D eigenvalue weighted by Crippen LogP contribution is -2.48. The zero-order valence-corrected chi connectivity index (χ0v) is 27.4. The van der Waals surface area contributed by atoms with Gasteiger partial charge in [-0.15, -0.1) is 0 Å². The van der Waals surface area contributed by atoms with Crippen molar-refractivity contribution in [1.29, 1.82) is 0 Å². The zero-order valence-electron chi connectivity index (χ0n) is 27.4. The fourth-order valence-electron chi connectivity index (χ4n) is 12.8. The average Bonchev–Trinajstić information content (AvgIpc) is 3.68. The normalized spacial score (nSPS) is 33.8. The lowest BCUT2D eigenvalue weighted by atomic mass is 9.48. The van der Waals surface area contributed by atoms with Crippen LogP contribution in [0.5, 0.6) is 11.5 Å². The van der Waals surface area contributed by atoms with E-state index >= 15 is 17.6 Å². The summed E-state index contributed by atoms with van der Waals surface area (Å²) in [4.78, 5) is 8.22. The number of phenols is 2. The molecule has 2 N–H and O–H groups in total. The van der Waals surface area contributed by atoms with Crippen molar-refractivity contribution in [3.63, 3.8) is 0 Å². The first-order valence-electron chi connectivity index (χ1n) is 18.2. The number of benzene rings is 3. The Morgan fingerprint density at radius 3 is 1.10 bits per heavy atom. The van der Waals surface area contributed by atoms with E-state index < -0.39 is 46.2 Å². The molecule has 0 atom stereocenters. The van der Waals surface area contributed by atoms with Gasteiger partial charge in [-0.1, -0.05) is 0 Å². The summed E-state index contributed by atoms with van der Waals surface area (Å²) >= 11 is 0. The van der Waals surface area contributed by atoms with Crippen LogP contribution in [0.15, 0.2) is 33.1 Å². The van der Waals surface area contributed by atoms with E-state index in [2.05, 4.69) is 9.97 Å². The summed E-state index contributed by atoms with van der Waals surface area (Å²) < 4.78 is 74.9. The van der Waals surface area contributed by atoms with Gasteiger partial charge in [0.15, 0.2) is 45.5 Å². The van der Waals surface area contributed by atoms with Crippen LogP contribution in [0.2, 0.25) is 0 Å². The van der Waals surface area contributed by atoms with Gasteiger partial charge in [-0.3, -0.25) is 0 Å². The molecule has 13 rings (SSSR count). The second kappa shape index (κ2) is 9.82. The first-order valence-corrected chi connectivity index (χ1v) is 18.2. The minimum atomic E-state index is -1.73. The molecule has 2 aromatic heterocycles. The van der Waals surface area contributed by atoms with E-state index in [-0.39, 0.29) is 44.5 Å². The molecular formula is C40H36F4N2O4. The third-order valence-corrected chi connectivity index (χ3v) is 13.9. The number of hydrogen-bond acceptors (Lipinski definition) is 6. The third-order valence-electron chi connectivity index (χ3n) is 13.9. The molecule has 6 nitrogen and oxygen atoms in total. The van der Waals surface area contributed by atoms with Crippen molar-refractivity contribution < 1.29 is 36.6 Å². The molecule has 258 valence electrons. The van der Waals surface area contributed by atoms with Crippen LogP contribution < -0.4 is 0 Å². The number of fused-ring (bicyclic) bond motifs is 2. The molecule has 5 aromatic rings. The molecule has 2 heterocycles. The van der Waals surface area contributed by atoms with Crippen LogP contribution >= 0.6 is 0 Å². The Bertz CT molecular complexity index is 2030. The Balaban J connectivity index is 0.977. The number of oxazole rings is 2. The molecule has 50 heavy (non-hydrogen) atoms. The van der Waals surface area contributed by atoms with Gasteiger partial charge in [0, 0.05) is 0 Å². The minimum absolute atomic E-state index is 0.0403. The molecule has 0 spiro atoms. The Morgan fingerprint density at radius 2 is 0.800 bits per heavy atom. The zero-order chi connectivity index (χ0) is 33.8. The van der Waals surface area contributed by atoms with Gasteiger partial charge in [-0.2, -0.15) is 0 Å². The Hall–Kier alpha value is -4.08. The van der Waals surface area contributed by atoms with E-state index in [1.54, 1.807) is 24.3 Å². The van der Waals surface area contributed by atoms with Gasteiger partial charge in [-0.05, 0) is 159 Å². The van der Waals surface area contributed by atoms with Crippen LogP contribution in [0.1, 0.15) is 88.2 Å². The highest BCUT2D eigenvalue weighted by atomic mass is 19.2. The molecule has 0 aliphatic heterocycles. The van der Waals surface area contributed by atoms with E-state index in [1.807, 2.05) is 0 Å². The number of aromatic hydroxyl groups is 2. The SMILES string of the molecule is Oc1cc(C23CC4CC(CC(C4)C2)C3)cc2oc(-c3c(F)c(F)c(-c4nc5c(O)cc(C67CC8CC(CC(C8)C6)C7)cc5o4)c(F)c3F)nc12. The maximum absolute atomic E-state index is 15.8. The molecule has 0 saturated heterocycles. The summed E-state index contributed by atoms with van der Waals surface area (Å²) in [5.74, 6) is -4.84. The highest BCUT2D eigenvalue weighted by Gasteiger charge is 2.53. The van der Waals surface area contributed by atoms with Gasteiger partial charge in [0.1, 0.15) is 22.6 Å². The van der Waals surface area contributed by atoms with Crippen LogP contribution in [-0.4, -0.2) is 20.2 Å². The van der Waals surface area contributed by atoms with Gasteiger partial charge in [0.05, 0.1) is 0 Å². The van der Waals surface area contributed by atoms with E-state index in [0.717, 1.165) is 49.7 Å². The molecule has 8 bridgehead atoms. The lowest BCUT2D eigenvalue weighted by molar-refractivity contribution is -0.00534. The van der Waals surface area contributed by atoms with Crippen molar-refractivity contribution in [2.45, 2.75) is 87.9 Å². The summed E-state index contributed by atoms with van der Waals surface area (Å²) in [7, 11) is 0. The monoisotopic (exact) mass is 684 g/mol. The van der Waals surface area contributed by atoms with E-state index in [1.165, 1.54) is 38.5 Å². The number of nitrogens with zero attached hydrogens (tertiary/aromatic N) is 2. The third kappa shape index (κ3) is 4.02. The number of phenolic OH excluding ortho intramolecular Hbond substituents is 2. The van der Waals surface area contributed by atoms with E-state index in [4.69, 9.17) is 8.83 Å². The smallest absolute Gasteiger partial charge is 0.233 e. The van der Waals surface area contributed by atoms with Crippen molar-refractivity contribution >= 4 is 22.2 Å². The van der Waals surface area contributed by atoms with Crippen LogP contribution in [0.4, 0.5) is 17.6 Å². The van der Waals surface area contributed by atoms with Gasteiger partial charge in [-0.25, -0.2) is 27.5 Å². The van der Waals surface area contributed by atoms with Crippen LogP contribution in [0, 0.1) is 58.8 Å². The van der Waals surface area contributed by atoms with Gasteiger partial charge in [0.25, 0.3) is 0 Å². The molecule has 0 radical (unpaired) electrons. The molecule has 0 amide bonds. The maximum atomic E-state index is 15.8. The van der Waals surface area contributed by atoms with Gasteiger partial charge >= 0.3 is 0 Å². The lowest BCUT2D eigenvalue weighted by Gasteiger charge is -2.57. The van der Waals surface area contributed by atoms with Crippen LogP contribution in [0.25, 0.3) is 45.1 Å². The minimum Gasteiger partial charge on any atom is -0.506 e. The van der Waals surface area contributed by atoms with Crippen molar-refractivity contribution in [2.24, 2.45) is 35.5 Å². The fraction of sp³-hybridized carbons (Fsp3) is 0.500. The topological polar surface area (TPSA) is 92.5 Å². The molecule has 8 fully saturated rings. The molecule has 8 aliphatic rings. The van der Waals surface area contributed by atoms with Crippen molar-refractivity contribution in [3.8, 4) is 34.4 Å². The highest BCUT2D eigenvalue weighted by Crippen LogP contribution is 2.62. The Morgan fingerprint density at radius 1 is 0.500 bits per heavy atom. The van der Waals surface area contributed by atoms with Gasteiger partial charge in [0.2, 0.25) is 11.8 Å². The van der Waals surface area contributed by atoms with Crippen molar-refractivity contribution in [1.82, 2.24) is 9.97 Å². The summed E-state index contributed by atoms with van der Waals surface area (Å²) in [6.07, 6.45) is 13.5. The van der Waals surface area contributed by atoms with Crippen LogP contribution in [-0.2, 0) is 10.8 Å². The number of halogens is 4. The Kier molecular flexibility index (Phi) is 5.82. The molecule has 8 aliphatic carbocycles. The fourth-order valence-corrected chi connectivity index (χ4v) is 12.8. The number of rotatable bonds is 4. The largest absolute Gasteiger partial charge is 0.506 e. The first-order chi connectivity index (χ1) is 24.0.